The minimum atomic E-state index is -4.13. The molecule has 0 aromatic carbocycles. The van der Waals surface area contributed by atoms with E-state index < -0.39 is 24.5 Å². The van der Waals surface area contributed by atoms with Crippen LogP contribution in [0.25, 0.3) is 0 Å². The molecule has 2 rings (SSSR count). The number of thiazole rings is 1. The minimum absolute atomic E-state index is 0.205. The second-order valence-corrected chi connectivity index (χ2v) is 6.34. The van der Waals surface area contributed by atoms with E-state index in [9.17, 15) is 17.6 Å². The molecule has 21 heavy (non-hydrogen) atoms. The van der Waals surface area contributed by atoms with Gasteiger partial charge in [-0.3, -0.25) is 0 Å². The zero-order valence-corrected chi connectivity index (χ0v) is 12.3. The number of nitrogens with two attached hydrogens (primary N) is 1. The fourth-order valence-electron chi connectivity index (χ4n) is 2.38. The van der Waals surface area contributed by atoms with E-state index in [1.54, 1.807) is 5.38 Å². The number of aromatic nitrogens is 1. The third kappa shape index (κ3) is 4.14. The second-order valence-electron chi connectivity index (χ2n) is 5.40. The van der Waals surface area contributed by atoms with Crippen molar-refractivity contribution in [1.82, 2.24) is 4.98 Å². The normalized spacial score (nSPS) is 19.1. The van der Waals surface area contributed by atoms with Gasteiger partial charge in [0.2, 0.25) is 0 Å². The molecule has 1 fully saturated rings. The van der Waals surface area contributed by atoms with Crippen LogP contribution in [0.4, 0.5) is 17.6 Å². The van der Waals surface area contributed by atoms with E-state index in [2.05, 4.69) is 9.72 Å². The second kappa shape index (κ2) is 6.58. The highest BCUT2D eigenvalue weighted by atomic mass is 32.1. The largest absolute Gasteiger partial charge is 0.368 e. The van der Waals surface area contributed by atoms with Gasteiger partial charge in [0.15, 0.2) is 0 Å². The van der Waals surface area contributed by atoms with E-state index in [4.69, 9.17) is 5.73 Å². The van der Waals surface area contributed by atoms with E-state index in [-0.39, 0.29) is 6.61 Å². The van der Waals surface area contributed by atoms with Crippen molar-refractivity contribution in [2.75, 3.05) is 6.61 Å². The van der Waals surface area contributed by atoms with Crippen LogP contribution in [0.3, 0.4) is 0 Å². The number of ether oxygens (including phenoxy) is 1. The van der Waals surface area contributed by atoms with Crippen molar-refractivity contribution in [2.24, 2.45) is 5.73 Å². The van der Waals surface area contributed by atoms with Gasteiger partial charge in [0.25, 0.3) is 0 Å². The molecule has 1 saturated carbocycles. The van der Waals surface area contributed by atoms with Crippen LogP contribution < -0.4 is 5.73 Å². The molecule has 0 aliphatic heterocycles. The summed E-state index contributed by atoms with van der Waals surface area (Å²) < 4.78 is 54.0. The molecular weight excluding hydrogens is 308 g/mol. The fourth-order valence-corrected chi connectivity index (χ4v) is 3.22. The number of rotatable bonds is 6. The number of alkyl halides is 4. The maximum absolute atomic E-state index is 12.7. The predicted molar refractivity (Wildman–Crippen MR) is 71.7 cm³/mol. The van der Waals surface area contributed by atoms with Gasteiger partial charge in [-0.15, -0.1) is 11.3 Å². The monoisotopic (exact) mass is 326 g/mol. The fraction of sp³-hybridized carbons (Fsp3) is 0.769. The van der Waals surface area contributed by atoms with Gasteiger partial charge in [0, 0.05) is 5.38 Å². The van der Waals surface area contributed by atoms with Crippen molar-refractivity contribution in [1.29, 1.82) is 0 Å². The summed E-state index contributed by atoms with van der Waals surface area (Å²) in [6.45, 7) is -1.52. The quantitative estimate of drug-likeness (QED) is 0.811. The van der Waals surface area contributed by atoms with Crippen LogP contribution in [0.1, 0.15) is 42.8 Å². The van der Waals surface area contributed by atoms with E-state index in [1.807, 2.05) is 0 Å². The van der Waals surface area contributed by atoms with Gasteiger partial charge in [-0.05, 0) is 12.8 Å². The Morgan fingerprint density at radius 2 is 2.00 bits per heavy atom. The highest BCUT2D eigenvalue weighted by molar-refractivity contribution is 7.09. The number of halogens is 4. The molecule has 0 radical (unpaired) electrons. The molecule has 0 spiro atoms. The first-order valence-corrected chi connectivity index (χ1v) is 7.69. The Morgan fingerprint density at radius 1 is 1.33 bits per heavy atom. The van der Waals surface area contributed by atoms with E-state index >= 15 is 0 Å². The summed E-state index contributed by atoms with van der Waals surface area (Å²) in [7, 11) is 0. The van der Waals surface area contributed by atoms with Gasteiger partial charge in [-0.2, -0.15) is 8.78 Å². The van der Waals surface area contributed by atoms with E-state index in [0.717, 1.165) is 37.8 Å². The zero-order valence-electron chi connectivity index (χ0n) is 11.5. The molecule has 0 saturated heterocycles. The van der Waals surface area contributed by atoms with Crippen molar-refractivity contribution >= 4 is 11.3 Å². The van der Waals surface area contributed by atoms with Crippen LogP contribution in [0, 0.1) is 0 Å². The van der Waals surface area contributed by atoms with Crippen LogP contribution in [0.2, 0.25) is 0 Å². The van der Waals surface area contributed by atoms with Crippen molar-refractivity contribution < 1.29 is 22.3 Å². The summed E-state index contributed by atoms with van der Waals surface area (Å²) in [6, 6.07) is 0. The first-order chi connectivity index (χ1) is 9.83. The van der Waals surface area contributed by atoms with Gasteiger partial charge < -0.3 is 10.5 Å². The lowest BCUT2D eigenvalue weighted by Gasteiger charge is -2.31. The molecular formula is C13H18F4N2OS. The highest BCUT2D eigenvalue weighted by Gasteiger charge is 2.41. The molecule has 1 heterocycles. The molecule has 8 heteroatoms. The molecule has 1 aliphatic carbocycles. The summed E-state index contributed by atoms with van der Waals surface area (Å²) >= 11 is 1.25. The summed E-state index contributed by atoms with van der Waals surface area (Å²) in [6.07, 6.45) is 1.21. The molecule has 2 N–H and O–H groups in total. The Balaban J connectivity index is 1.89. The van der Waals surface area contributed by atoms with Crippen molar-refractivity contribution in [2.45, 2.75) is 56.6 Å². The smallest absolute Gasteiger partial charge is 0.330 e. The third-order valence-corrected chi connectivity index (χ3v) is 4.47. The third-order valence-electron chi connectivity index (χ3n) is 3.65. The minimum Gasteiger partial charge on any atom is -0.368 e. The van der Waals surface area contributed by atoms with Gasteiger partial charge in [-0.25, -0.2) is 13.8 Å². The van der Waals surface area contributed by atoms with Gasteiger partial charge >= 0.3 is 12.3 Å². The molecule has 1 aromatic rings. The number of hydrogen-bond acceptors (Lipinski definition) is 4. The van der Waals surface area contributed by atoms with Gasteiger partial charge in [0.05, 0.1) is 17.8 Å². The van der Waals surface area contributed by atoms with Crippen molar-refractivity contribution in [3.63, 3.8) is 0 Å². The summed E-state index contributed by atoms with van der Waals surface area (Å²) in [5.74, 6) is -4.13. The molecule has 0 atom stereocenters. The topological polar surface area (TPSA) is 48.1 Å². The molecule has 0 unspecified atom stereocenters. The van der Waals surface area contributed by atoms with Crippen molar-refractivity contribution in [3.05, 3.63) is 16.1 Å². The maximum Gasteiger partial charge on any atom is 0.330 e. The van der Waals surface area contributed by atoms with Crippen LogP contribution in [0.5, 0.6) is 0 Å². The Hall–Kier alpha value is -0.730. The molecule has 1 aromatic heterocycles. The Kier molecular flexibility index (Phi) is 5.21. The summed E-state index contributed by atoms with van der Waals surface area (Å²) in [4.78, 5) is 4.31. The summed E-state index contributed by atoms with van der Waals surface area (Å²) in [5.41, 5.74) is 6.60. The first kappa shape index (κ1) is 16.6. The van der Waals surface area contributed by atoms with Crippen LogP contribution >= 0.6 is 11.3 Å². The van der Waals surface area contributed by atoms with Crippen LogP contribution in [0.15, 0.2) is 5.38 Å². The highest BCUT2D eigenvalue weighted by Crippen LogP contribution is 2.35. The Labute approximate surface area is 124 Å². The molecule has 0 bridgehead atoms. The molecule has 3 nitrogen and oxygen atoms in total. The lowest BCUT2D eigenvalue weighted by molar-refractivity contribution is -0.168. The van der Waals surface area contributed by atoms with E-state index in [1.165, 1.54) is 11.3 Å². The predicted octanol–water partition coefficient (Wildman–Crippen LogP) is 3.68. The van der Waals surface area contributed by atoms with Gasteiger partial charge in [0.1, 0.15) is 11.6 Å². The average Bonchev–Trinajstić information content (AvgIpc) is 2.89. The maximum atomic E-state index is 12.7. The Bertz CT molecular complexity index is 461. The van der Waals surface area contributed by atoms with E-state index in [0.29, 0.717) is 5.01 Å². The summed E-state index contributed by atoms with van der Waals surface area (Å²) in [5, 5.41) is 2.28. The van der Waals surface area contributed by atoms with Crippen LogP contribution in [-0.4, -0.2) is 23.9 Å². The number of hydrogen-bond donors (Lipinski definition) is 1. The number of nitrogens with zero attached hydrogens (tertiary/aromatic N) is 1. The lowest BCUT2D eigenvalue weighted by Crippen LogP contribution is -2.39. The average molecular weight is 326 g/mol. The molecule has 1 aliphatic rings. The van der Waals surface area contributed by atoms with Gasteiger partial charge in [-0.1, -0.05) is 19.3 Å². The van der Waals surface area contributed by atoms with Crippen LogP contribution in [-0.2, 0) is 16.9 Å². The molecule has 0 amide bonds. The lowest BCUT2D eigenvalue weighted by atomic mass is 9.81. The first-order valence-electron chi connectivity index (χ1n) is 6.81. The zero-order chi connectivity index (χ0) is 15.5. The Morgan fingerprint density at radius 3 is 2.62 bits per heavy atom. The SMILES string of the molecule is NC1(c2csc(COCC(F)(F)C(F)F)n2)CCCCC1. The van der Waals surface area contributed by atoms with Crippen molar-refractivity contribution in [3.8, 4) is 0 Å². The standard InChI is InChI=1S/C13H18F4N2OS/c14-11(15)13(16,17)8-20-6-10-19-9(7-21-10)12(18)4-2-1-3-5-12/h7,11H,1-6,8,18H2. The molecule has 120 valence electrons.